The number of carbonyl (C=O) groups is 2. The first-order valence-electron chi connectivity index (χ1n) is 10.0. The molecule has 0 unspecified atom stereocenters. The second-order valence-electron chi connectivity index (χ2n) is 8.99. The molecule has 2 aliphatic rings. The molecule has 3 rings (SSSR count). The molecule has 26 heavy (non-hydrogen) atoms. The van der Waals surface area contributed by atoms with Gasteiger partial charge < -0.3 is 10.6 Å². The van der Waals surface area contributed by atoms with Gasteiger partial charge in [-0.1, -0.05) is 64.7 Å². The number of rotatable bonds is 4. The lowest BCUT2D eigenvalue weighted by molar-refractivity contribution is -0.134. The minimum Gasteiger partial charge on any atom is -0.352 e. The van der Waals surface area contributed by atoms with Gasteiger partial charge in [0.1, 0.15) is 5.41 Å². The van der Waals surface area contributed by atoms with Crippen LogP contribution in [0.5, 0.6) is 0 Å². The number of amides is 2. The molecule has 2 fully saturated rings. The minimum absolute atomic E-state index is 0.0663. The molecule has 1 aromatic rings. The zero-order valence-corrected chi connectivity index (χ0v) is 16.4. The lowest BCUT2D eigenvalue weighted by atomic mass is 9.85. The molecule has 4 heteroatoms. The van der Waals surface area contributed by atoms with Crippen molar-refractivity contribution in [3.8, 4) is 0 Å². The van der Waals surface area contributed by atoms with E-state index in [1.165, 1.54) is 25.7 Å². The van der Waals surface area contributed by atoms with Gasteiger partial charge in [0.2, 0.25) is 11.8 Å². The first kappa shape index (κ1) is 18.9. The summed E-state index contributed by atoms with van der Waals surface area (Å²) in [6.07, 6.45) is 8.21. The van der Waals surface area contributed by atoms with Gasteiger partial charge in [-0.05, 0) is 42.7 Å². The number of carbonyl (C=O) groups excluding carboxylic acids is 2. The first-order chi connectivity index (χ1) is 12.3. The fourth-order valence-electron chi connectivity index (χ4n) is 3.92. The molecule has 4 nitrogen and oxygen atoms in total. The zero-order chi connectivity index (χ0) is 18.8. The predicted molar refractivity (Wildman–Crippen MR) is 105 cm³/mol. The quantitative estimate of drug-likeness (QED) is 0.614. The monoisotopic (exact) mass is 356 g/mol. The Morgan fingerprint density at radius 1 is 0.962 bits per heavy atom. The van der Waals surface area contributed by atoms with Gasteiger partial charge in [-0.3, -0.25) is 9.59 Å². The van der Waals surface area contributed by atoms with Crippen molar-refractivity contribution in [2.45, 2.75) is 83.6 Å². The Bertz CT molecular complexity index is 663. The molecule has 2 N–H and O–H groups in total. The van der Waals surface area contributed by atoms with Crippen LogP contribution in [0.3, 0.4) is 0 Å². The fourth-order valence-corrected chi connectivity index (χ4v) is 3.92. The number of anilines is 1. The molecule has 0 bridgehead atoms. The maximum absolute atomic E-state index is 13.0. The Hall–Kier alpha value is -1.84. The maximum Gasteiger partial charge on any atom is 0.240 e. The Kier molecular flexibility index (Phi) is 5.40. The minimum atomic E-state index is -0.864. The Morgan fingerprint density at radius 2 is 1.58 bits per heavy atom. The number of hydrogen-bond donors (Lipinski definition) is 2. The normalized spacial score (nSPS) is 20.1. The van der Waals surface area contributed by atoms with Crippen LogP contribution in [0.2, 0.25) is 0 Å². The molecule has 2 aliphatic carbocycles. The molecule has 2 amide bonds. The smallest absolute Gasteiger partial charge is 0.240 e. The van der Waals surface area contributed by atoms with E-state index in [2.05, 4.69) is 31.4 Å². The van der Waals surface area contributed by atoms with Crippen LogP contribution in [0.1, 0.15) is 77.7 Å². The van der Waals surface area contributed by atoms with E-state index in [-0.39, 0.29) is 23.3 Å². The van der Waals surface area contributed by atoms with E-state index in [0.29, 0.717) is 12.8 Å². The fraction of sp³-hybridized carbons (Fsp3) is 0.636. The van der Waals surface area contributed by atoms with Crippen molar-refractivity contribution >= 4 is 17.5 Å². The van der Waals surface area contributed by atoms with E-state index in [0.717, 1.165) is 24.1 Å². The third-order valence-electron chi connectivity index (χ3n) is 5.79. The standard InChI is InChI=1S/C22H32N2O2/c1-21(2,3)17-12-8-9-13-18(17)24-20(26)22(14-15-22)19(25)23-16-10-6-4-5-7-11-16/h8-9,12-13,16H,4-7,10-11,14-15H2,1-3H3,(H,23,25)(H,24,26). The predicted octanol–water partition coefficient (Wildman–Crippen LogP) is 4.54. The Balaban J connectivity index is 1.69. The van der Waals surface area contributed by atoms with Crippen molar-refractivity contribution < 1.29 is 9.59 Å². The molecule has 0 aromatic heterocycles. The zero-order valence-electron chi connectivity index (χ0n) is 16.4. The van der Waals surface area contributed by atoms with Crippen LogP contribution in [0.25, 0.3) is 0 Å². The molecule has 0 saturated heterocycles. The largest absolute Gasteiger partial charge is 0.352 e. The summed E-state index contributed by atoms with van der Waals surface area (Å²) in [5.41, 5.74) is 0.979. The summed E-state index contributed by atoms with van der Waals surface area (Å²) < 4.78 is 0. The lowest BCUT2D eigenvalue weighted by Gasteiger charge is -2.25. The van der Waals surface area contributed by atoms with Crippen molar-refractivity contribution in [1.82, 2.24) is 5.32 Å². The van der Waals surface area contributed by atoms with E-state index in [9.17, 15) is 9.59 Å². The third kappa shape index (κ3) is 4.11. The summed E-state index contributed by atoms with van der Waals surface area (Å²) in [6.45, 7) is 6.39. The summed E-state index contributed by atoms with van der Waals surface area (Å²) in [6, 6.07) is 8.12. The van der Waals surface area contributed by atoms with Gasteiger partial charge >= 0.3 is 0 Å². The van der Waals surface area contributed by atoms with Crippen LogP contribution in [0, 0.1) is 5.41 Å². The molecule has 2 saturated carbocycles. The second kappa shape index (κ2) is 7.42. The summed E-state index contributed by atoms with van der Waals surface area (Å²) in [5, 5.41) is 6.22. The highest BCUT2D eigenvalue weighted by Crippen LogP contribution is 2.47. The van der Waals surface area contributed by atoms with Gasteiger partial charge in [0.25, 0.3) is 0 Å². The molecule has 0 heterocycles. The summed E-state index contributed by atoms with van der Waals surface area (Å²) in [5.74, 6) is -0.226. The van der Waals surface area contributed by atoms with Gasteiger partial charge in [-0.25, -0.2) is 0 Å². The highest BCUT2D eigenvalue weighted by Gasteiger charge is 2.56. The molecule has 0 radical (unpaired) electrons. The average molecular weight is 357 g/mol. The highest BCUT2D eigenvalue weighted by molar-refractivity contribution is 6.13. The lowest BCUT2D eigenvalue weighted by Crippen LogP contribution is -2.44. The van der Waals surface area contributed by atoms with Gasteiger partial charge in [-0.2, -0.15) is 0 Å². The van der Waals surface area contributed by atoms with E-state index >= 15 is 0 Å². The molecule has 0 spiro atoms. The topological polar surface area (TPSA) is 58.2 Å². The molecule has 1 aromatic carbocycles. The van der Waals surface area contributed by atoms with Crippen LogP contribution in [-0.2, 0) is 15.0 Å². The molecule has 142 valence electrons. The number of para-hydroxylation sites is 1. The van der Waals surface area contributed by atoms with E-state index in [4.69, 9.17) is 0 Å². The summed E-state index contributed by atoms with van der Waals surface area (Å²) in [7, 11) is 0. The van der Waals surface area contributed by atoms with Gasteiger partial charge in [0, 0.05) is 11.7 Å². The van der Waals surface area contributed by atoms with Crippen molar-refractivity contribution in [3.63, 3.8) is 0 Å². The van der Waals surface area contributed by atoms with Crippen molar-refractivity contribution in [2.75, 3.05) is 5.32 Å². The third-order valence-corrected chi connectivity index (χ3v) is 5.79. The second-order valence-corrected chi connectivity index (χ2v) is 8.99. The van der Waals surface area contributed by atoms with Crippen LogP contribution in [0.15, 0.2) is 24.3 Å². The van der Waals surface area contributed by atoms with Crippen LogP contribution in [0.4, 0.5) is 5.69 Å². The van der Waals surface area contributed by atoms with Crippen LogP contribution in [-0.4, -0.2) is 17.9 Å². The highest BCUT2D eigenvalue weighted by atomic mass is 16.2. The van der Waals surface area contributed by atoms with Crippen LogP contribution < -0.4 is 10.6 Å². The van der Waals surface area contributed by atoms with Crippen molar-refractivity contribution in [3.05, 3.63) is 29.8 Å². The molecular formula is C22H32N2O2. The van der Waals surface area contributed by atoms with Crippen molar-refractivity contribution in [1.29, 1.82) is 0 Å². The molecule has 0 atom stereocenters. The van der Waals surface area contributed by atoms with Gasteiger partial charge in [0.15, 0.2) is 0 Å². The first-order valence-corrected chi connectivity index (χ1v) is 10.0. The van der Waals surface area contributed by atoms with E-state index in [1.54, 1.807) is 0 Å². The number of benzene rings is 1. The SMILES string of the molecule is CC(C)(C)c1ccccc1NC(=O)C1(C(=O)NC2CCCCCC2)CC1. The summed E-state index contributed by atoms with van der Waals surface area (Å²) >= 11 is 0. The van der Waals surface area contributed by atoms with E-state index < -0.39 is 5.41 Å². The van der Waals surface area contributed by atoms with Crippen LogP contribution >= 0.6 is 0 Å². The van der Waals surface area contributed by atoms with Crippen molar-refractivity contribution in [2.24, 2.45) is 5.41 Å². The number of hydrogen-bond acceptors (Lipinski definition) is 2. The molecule has 0 aliphatic heterocycles. The average Bonchev–Trinajstić information content (AvgIpc) is 3.40. The Morgan fingerprint density at radius 3 is 2.15 bits per heavy atom. The Labute approximate surface area is 157 Å². The van der Waals surface area contributed by atoms with E-state index in [1.807, 2.05) is 24.3 Å². The van der Waals surface area contributed by atoms with Gasteiger partial charge in [-0.15, -0.1) is 0 Å². The summed E-state index contributed by atoms with van der Waals surface area (Å²) in [4.78, 5) is 25.8. The number of nitrogens with one attached hydrogen (secondary N) is 2. The molecular weight excluding hydrogens is 324 g/mol. The van der Waals surface area contributed by atoms with Gasteiger partial charge in [0.05, 0.1) is 0 Å². The maximum atomic E-state index is 13.0.